The number of aliphatic hydroxyl groups excluding tert-OH is 2. The van der Waals surface area contributed by atoms with E-state index in [9.17, 15) is 0 Å². The van der Waals surface area contributed by atoms with Crippen LogP contribution in [0.15, 0.2) is 37.0 Å². The second-order valence-corrected chi connectivity index (χ2v) is 1.76. The van der Waals surface area contributed by atoms with Crippen LogP contribution in [0.5, 0.6) is 0 Å². The van der Waals surface area contributed by atoms with Crippen LogP contribution >= 0.6 is 0 Å². The van der Waals surface area contributed by atoms with Crippen LogP contribution in [-0.4, -0.2) is 22.9 Å². The molecule has 10 heavy (non-hydrogen) atoms. The maximum Gasteiger partial charge on any atom is 0.0954 e. The SMILES string of the molecule is C=CC=CC=CC(O)CO. The molecule has 2 N–H and O–H groups in total. The molecule has 0 fully saturated rings. The van der Waals surface area contributed by atoms with Crippen LogP contribution in [-0.2, 0) is 0 Å². The first-order valence-corrected chi connectivity index (χ1v) is 3.06. The zero-order valence-electron chi connectivity index (χ0n) is 5.77. The molecule has 0 aliphatic rings. The van der Waals surface area contributed by atoms with Crippen molar-refractivity contribution in [2.45, 2.75) is 6.10 Å². The second-order valence-electron chi connectivity index (χ2n) is 1.76. The van der Waals surface area contributed by atoms with E-state index in [1.54, 1.807) is 24.3 Å². The van der Waals surface area contributed by atoms with Gasteiger partial charge in [-0.15, -0.1) is 0 Å². The lowest BCUT2D eigenvalue weighted by Gasteiger charge is -1.95. The Morgan fingerprint density at radius 2 is 2.00 bits per heavy atom. The van der Waals surface area contributed by atoms with Gasteiger partial charge in [0.1, 0.15) is 0 Å². The summed E-state index contributed by atoms with van der Waals surface area (Å²) in [6, 6.07) is 0. The lowest BCUT2D eigenvalue weighted by molar-refractivity contribution is 0.131. The van der Waals surface area contributed by atoms with Crippen molar-refractivity contribution >= 4 is 0 Å². The number of aliphatic hydroxyl groups is 2. The largest absolute Gasteiger partial charge is 0.393 e. The lowest BCUT2D eigenvalue weighted by atomic mass is 10.3. The third kappa shape index (κ3) is 5.28. The maximum absolute atomic E-state index is 8.76. The van der Waals surface area contributed by atoms with Gasteiger partial charge in [-0.25, -0.2) is 0 Å². The predicted molar refractivity (Wildman–Crippen MR) is 41.6 cm³/mol. The molecule has 2 heteroatoms. The van der Waals surface area contributed by atoms with Crippen LogP contribution in [0.4, 0.5) is 0 Å². The van der Waals surface area contributed by atoms with E-state index >= 15 is 0 Å². The summed E-state index contributed by atoms with van der Waals surface area (Å²) in [6.45, 7) is 3.23. The first kappa shape index (κ1) is 9.14. The molecule has 1 unspecified atom stereocenters. The van der Waals surface area contributed by atoms with E-state index in [2.05, 4.69) is 6.58 Å². The summed E-state index contributed by atoms with van der Waals surface area (Å²) in [5.74, 6) is 0. The van der Waals surface area contributed by atoms with Crippen molar-refractivity contribution in [1.82, 2.24) is 0 Å². The zero-order valence-corrected chi connectivity index (χ0v) is 5.77. The van der Waals surface area contributed by atoms with E-state index in [-0.39, 0.29) is 6.61 Å². The Kier molecular flexibility index (Phi) is 5.72. The third-order valence-corrected chi connectivity index (χ3v) is 0.879. The highest BCUT2D eigenvalue weighted by atomic mass is 16.3. The lowest BCUT2D eigenvalue weighted by Crippen LogP contribution is -2.06. The van der Waals surface area contributed by atoms with Gasteiger partial charge in [0.15, 0.2) is 0 Å². The van der Waals surface area contributed by atoms with Crippen molar-refractivity contribution in [2.75, 3.05) is 6.61 Å². The van der Waals surface area contributed by atoms with E-state index in [0.29, 0.717) is 0 Å². The Labute approximate surface area is 60.8 Å². The molecule has 0 rings (SSSR count). The van der Waals surface area contributed by atoms with Crippen molar-refractivity contribution in [1.29, 1.82) is 0 Å². The minimum atomic E-state index is -0.755. The molecule has 0 bridgehead atoms. The Morgan fingerprint density at radius 1 is 1.30 bits per heavy atom. The molecule has 0 heterocycles. The molecule has 0 aromatic heterocycles. The Hall–Kier alpha value is -0.860. The van der Waals surface area contributed by atoms with Crippen LogP contribution < -0.4 is 0 Å². The minimum Gasteiger partial charge on any atom is -0.393 e. The van der Waals surface area contributed by atoms with Crippen LogP contribution in [0.3, 0.4) is 0 Å². The molecule has 0 radical (unpaired) electrons. The molecule has 0 aliphatic carbocycles. The molecule has 0 aromatic carbocycles. The van der Waals surface area contributed by atoms with Gasteiger partial charge in [-0.1, -0.05) is 37.0 Å². The van der Waals surface area contributed by atoms with Crippen LogP contribution in [0, 0.1) is 0 Å². The van der Waals surface area contributed by atoms with Crippen molar-refractivity contribution < 1.29 is 10.2 Å². The van der Waals surface area contributed by atoms with Gasteiger partial charge in [-0.05, 0) is 0 Å². The highest BCUT2D eigenvalue weighted by molar-refractivity contribution is 5.09. The highest BCUT2D eigenvalue weighted by Gasteiger charge is 1.90. The molecule has 0 spiro atoms. The van der Waals surface area contributed by atoms with Crippen LogP contribution in [0.25, 0.3) is 0 Å². The summed E-state index contributed by atoms with van der Waals surface area (Å²) in [5, 5.41) is 17.1. The topological polar surface area (TPSA) is 40.5 Å². The second kappa shape index (κ2) is 6.26. The first-order chi connectivity index (χ1) is 4.81. The average molecular weight is 140 g/mol. The van der Waals surface area contributed by atoms with Gasteiger partial charge in [0.25, 0.3) is 0 Å². The molecule has 0 amide bonds. The molecule has 56 valence electrons. The van der Waals surface area contributed by atoms with Gasteiger partial charge in [0.2, 0.25) is 0 Å². The van der Waals surface area contributed by atoms with Crippen molar-refractivity contribution in [2.24, 2.45) is 0 Å². The van der Waals surface area contributed by atoms with Crippen molar-refractivity contribution in [3.63, 3.8) is 0 Å². The van der Waals surface area contributed by atoms with Crippen molar-refractivity contribution in [3.8, 4) is 0 Å². The first-order valence-electron chi connectivity index (χ1n) is 3.06. The normalized spacial score (nSPS) is 14.6. The number of allylic oxidation sites excluding steroid dienone is 4. The quantitative estimate of drug-likeness (QED) is 0.562. The summed E-state index contributed by atoms with van der Waals surface area (Å²) in [5.41, 5.74) is 0. The zero-order chi connectivity index (χ0) is 7.82. The molecular weight excluding hydrogens is 128 g/mol. The summed E-state index contributed by atoms with van der Waals surface area (Å²) in [7, 11) is 0. The van der Waals surface area contributed by atoms with Gasteiger partial charge in [0, 0.05) is 0 Å². The van der Waals surface area contributed by atoms with Gasteiger partial charge in [0.05, 0.1) is 12.7 Å². The van der Waals surface area contributed by atoms with E-state index in [0.717, 1.165) is 0 Å². The highest BCUT2D eigenvalue weighted by Crippen LogP contribution is 1.84. The summed E-state index contributed by atoms with van der Waals surface area (Å²) >= 11 is 0. The number of hydrogen-bond donors (Lipinski definition) is 2. The average Bonchev–Trinajstić information content (AvgIpc) is 1.98. The standard InChI is InChI=1S/C8H12O2/c1-2-3-4-5-6-8(10)7-9/h2-6,8-10H,1,7H2. The fourth-order valence-electron chi connectivity index (χ4n) is 0.396. The molecule has 0 saturated carbocycles. The van der Waals surface area contributed by atoms with Crippen molar-refractivity contribution in [3.05, 3.63) is 37.0 Å². The van der Waals surface area contributed by atoms with Gasteiger partial charge in [-0.2, -0.15) is 0 Å². The van der Waals surface area contributed by atoms with Gasteiger partial charge < -0.3 is 10.2 Å². The number of rotatable bonds is 4. The Balaban J connectivity index is 3.54. The molecule has 0 saturated heterocycles. The maximum atomic E-state index is 8.76. The van der Waals surface area contributed by atoms with Crippen LogP contribution in [0.1, 0.15) is 0 Å². The number of hydrogen-bond acceptors (Lipinski definition) is 2. The fraction of sp³-hybridized carbons (Fsp3) is 0.250. The third-order valence-electron chi connectivity index (χ3n) is 0.879. The fourth-order valence-corrected chi connectivity index (χ4v) is 0.396. The Bertz CT molecular complexity index is 136. The van der Waals surface area contributed by atoms with Gasteiger partial charge >= 0.3 is 0 Å². The minimum absolute atomic E-state index is 0.238. The summed E-state index contributed by atoms with van der Waals surface area (Å²) < 4.78 is 0. The van der Waals surface area contributed by atoms with Gasteiger partial charge in [-0.3, -0.25) is 0 Å². The van der Waals surface area contributed by atoms with E-state index in [1.807, 2.05) is 0 Å². The Morgan fingerprint density at radius 3 is 2.50 bits per heavy atom. The van der Waals surface area contributed by atoms with E-state index in [1.165, 1.54) is 6.08 Å². The van der Waals surface area contributed by atoms with Crippen LogP contribution in [0.2, 0.25) is 0 Å². The summed E-state index contributed by atoms with van der Waals surface area (Å²) in [4.78, 5) is 0. The van der Waals surface area contributed by atoms with E-state index < -0.39 is 6.10 Å². The molecule has 0 aromatic rings. The summed E-state index contributed by atoms with van der Waals surface area (Å²) in [6.07, 6.45) is 7.50. The molecule has 1 atom stereocenters. The molecule has 2 nitrogen and oxygen atoms in total. The predicted octanol–water partition coefficient (Wildman–Crippen LogP) is 0.638. The smallest absolute Gasteiger partial charge is 0.0954 e. The van der Waals surface area contributed by atoms with E-state index in [4.69, 9.17) is 10.2 Å². The monoisotopic (exact) mass is 140 g/mol. The molecular formula is C8H12O2. The molecule has 0 aliphatic heterocycles.